The third-order valence-corrected chi connectivity index (χ3v) is 2.97. The Morgan fingerprint density at radius 2 is 2.11 bits per heavy atom. The molecule has 1 rings (SSSR count). The minimum Gasteiger partial charge on any atom is -0.462 e. The van der Waals surface area contributed by atoms with Crippen LogP contribution >= 0.6 is 0 Å². The molecule has 0 aliphatic carbocycles. The number of anilines is 2. The van der Waals surface area contributed by atoms with E-state index in [1.165, 1.54) is 0 Å². The smallest absolute Gasteiger partial charge is 0.340 e. The molecule has 0 atom stereocenters. The van der Waals surface area contributed by atoms with E-state index >= 15 is 0 Å². The van der Waals surface area contributed by atoms with Crippen molar-refractivity contribution >= 4 is 17.3 Å². The largest absolute Gasteiger partial charge is 0.462 e. The first-order valence-corrected chi connectivity index (χ1v) is 6.73. The highest BCUT2D eigenvalue weighted by molar-refractivity contribution is 5.97. The van der Waals surface area contributed by atoms with E-state index in [-0.39, 0.29) is 5.97 Å². The van der Waals surface area contributed by atoms with E-state index in [4.69, 9.17) is 10.5 Å². The number of nitrogens with zero attached hydrogens (tertiary/aromatic N) is 1. The summed E-state index contributed by atoms with van der Waals surface area (Å²) in [7, 11) is 1.98. The van der Waals surface area contributed by atoms with Gasteiger partial charge in [0, 0.05) is 19.3 Å². The quantitative estimate of drug-likeness (QED) is 0.634. The van der Waals surface area contributed by atoms with Crippen molar-refractivity contribution in [2.75, 3.05) is 30.8 Å². The van der Waals surface area contributed by atoms with Crippen LogP contribution in [0.25, 0.3) is 0 Å². The van der Waals surface area contributed by atoms with Crippen molar-refractivity contribution in [2.24, 2.45) is 5.92 Å². The lowest BCUT2D eigenvalue weighted by atomic mass is 10.1. The number of ether oxygens (including phenoxy) is 1. The number of nitrogen functional groups attached to an aromatic ring is 1. The topological polar surface area (TPSA) is 55.6 Å². The molecular formula is C15H24N2O2. The molecule has 1 aromatic carbocycles. The van der Waals surface area contributed by atoms with Crippen LogP contribution in [0.15, 0.2) is 18.2 Å². The Morgan fingerprint density at radius 3 is 2.68 bits per heavy atom. The molecule has 0 aliphatic rings. The van der Waals surface area contributed by atoms with Gasteiger partial charge in [-0.1, -0.05) is 13.8 Å². The standard InChI is InChI=1S/C15H24N2O2/c1-5-19-15(18)13-10-12(16)6-7-14(13)17(4)9-8-11(2)3/h6-7,10-11H,5,8-9,16H2,1-4H3. The lowest BCUT2D eigenvalue weighted by Gasteiger charge is -2.23. The van der Waals surface area contributed by atoms with E-state index < -0.39 is 0 Å². The lowest BCUT2D eigenvalue weighted by molar-refractivity contribution is 0.0527. The van der Waals surface area contributed by atoms with Gasteiger partial charge >= 0.3 is 5.97 Å². The Kier molecular flexibility index (Phi) is 5.67. The number of carbonyl (C=O) groups is 1. The van der Waals surface area contributed by atoms with Crippen LogP contribution in [0.4, 0.5) is 11.4 Å². The normalized spacial score (nSPS) is 10.6. The van der Waals surface area contributed by atoms with Crippen molar-refractivity contribution in [1.29, 1.82) is 0 Å². The number of esters is 1. The highest BCUT2D eigenvalue weighted by Crippen LogP contribution is 2.23. The molecular weight excluding hydrogens is 240 g/mol. The van der Waals surface area contributed by atoms with Gasteiger partial charge in [0.25, 0.3) is 0 Å². The van der Waals surface area contributed by atoms with Gasteiger partial charge in [0.05, 0.1) is 17.9 Å². The van der Waals surface area contributed by atoms with Crippen LogP contribution in [0.5, 0.6) is 0 Å². The summed E-state index contributed by atoms with van der Waals surface area (Å²) < 4.78 is 5.08. The zero-order valence-corrected chi connectivity index (χ0v) is 12.3. The van der Waals surface area contributed by atoms with Crippen LogP contribution in [0.3, 0.4) is 0 Å². The van der Waals surface area contributed by atoms with Crippen LogP contribution in [-0.2, 0) is 4.74 Å². The first-order chi connectivity index (χ1) is 8.95. The molecule has 0 bridgehead atoms. The number of benzene rings is 1. The van der Waals surface area contributed by atoms with E-state index in [1.807, 2.05) is 19.2 Å². The fourth-order valence-corrected chi connectivity index (χ4v) is 1.83. The van der Waals surface area contributed by atoms with Crippen molar-refractivity contribution in [3.8, 4) is 0 Å². The Hall–Kier alpha value is -1.71. The van der Waals surface area contributed by atoms with Gasteiger partial charge < -0.3 is 15.4 Å². The molecule has 4 heteroatoms. The molecule has 0 unspecified atom stereocenters. The highest BCUT2D eigenvalue weighted by atomic mass is 16.5. The van der Waals surface area contributed by atoms with Gasteiger partial charge in [0.15, 0.2) is 0 Å². The number of carbonyl (C=O) groups excluding carboxylic acids is 1. The predicted octanol–water partition coefficient (Wildman–Crippen LogP) is 2.93. The van der Waals surface area contributed by atoms with Gasteiger partial charge in [-0.05, 0) is 37.5 Å². The second-order valence-electron chi connectivity index (χ2n) is 5.10. The summed E-state index contributed by atoms with van der Waals surface area (Å²) in [5.74, 6) is 0.309. The SMILES string of the molecule is CCOC(=O)c1cc(N)ccc1N(C)CCC(C)C. The van der Waals surface area contributed by atoms with Gasteiger partial charge in [-0.2, -0.15) is 0 Å². The van der Waals surface area contributed by atoms with Gasteiger partial charge in [-0.15, -0.1) is 0 Å². The summed E-state index contributed by atoms with van der Waals surface area (Å²) in [5.41, 5.74) is 7.73. The van der Waals surface area contributed by atoms with Gasteiger partial charge in [0.1, 0.15) is 0 Å². The molecule has 0 aromatic heterocycles. The monoisotopic (exact) mass is 264 g/mol. The zero-order chi connectivity index (χ0) is 14.4. The van der Waals surface area contributed by atoms with Crippen molar-refractivity contribution in [2.45, 2.75) is 27.2 Å². The van der Waals surface area contributed by atoms with E-state index in [1.54, 1.807) is 13.0 Å². The lowest BCUT2D eigenvalue weighted by Crippen LogP contribution is -2.23. The molecule has 0 spiro atoms. The molecule has 4 nitrogen and oxygen atoms in total. The number of nitrogens with two attached hydrogens (primary N) is 1. The van der Waals surface area contributed by atoms with Gasteiger partial charge in [-0.25, -0.2) is 4.79 Å². The second kappa shape index (κ2) is 7.02. The third-order valence-electron chi connectivity index (χ3n) is 2.97. The van der Waals surface area contributed by atoms with Crippen LogP contribution in [0.1, 0.15) is 37.6 Å². The van der Waals surface area contributed by atoms with Gasteiger partial charge in [-0.3, -0.25) is 0 Å². The van der Waals surface area contributed by atoms with Crippen molar-refractivity contribution in [3.05, 3.63) is 23.8 Å². The predicted molar refractivity (Wildman–Crippen MR) is 79.5 cm³/mol. The number of hydrogen-bond acceptors (Lipinski definition) is 4. The average molecular weight is 264 g/mol. The average Bonchev–Trinajstić information content (AvgIpc) is 2.36. The Labute approximate surface area is 115 Å². The molecule has 0 saturated heterocycles. The van der Waals surface area contributed by atoms with Crippen LogP contribution < -0.4 is 10.6 Å². The fraction of sp³-hybridized carbons (Fsp3) is 0.533. The summed E-state index contributed by atoms with van der Waals surface area (Å²) in [4.78, 5) is 14.0. The second-order valence-corrected chi connectivity index (χ2v) is 5.10. The summed E-state index contributed by atoms with van der Waals surface area (Å²) in [6, 6.07) is 5.37. The van der Waals surface area contributed by atoms with E-state index in [0.29, 0.717) is 23.8 Å². The Balaban J connectivity index is 2.95. The third kappa shape index (κ3) is 4.47. The molecule has 2 N–H and O–H groups in total. The van der Waals surface area contributed by atoms with E-state index in [9.17, 15) is 4.79 Å². The number of rotatable bonds is 6. The Bertz CT molecular complexity index is 430. The molecule has 0 aliphatic heterocycles. The maximum absolute atomic E-state index is 12.0. The van der Waals surface area contributed by atoms with Crippen LogP contribution in [-0.4, -0.2) is 26.2 Å². The molecule has 1 aromatic rings. The van der Waals surface area contributed by atoms with Crippen LogP contribution in [0.2, 0.25) is 0 Å². The Morgan fingerprint density at radius 1 is 1.42 bits per heavy atom. The fourth-order valence-electron chi connectivity index (χ4n) is 1.83. The molecule has 19 heavy (non-hydrogen) atoms. The molecule has 0 fully saturated rings. The molecule has 0 radical (unpaired) electrons. The van der Waals surface area contributed by atoms with Crippen molar-refractivity contribution in [3.63, 3.8) is 0 Å². The summed E-state index contributed by atoms with van der Waals surface area (Å²) >= 11 is 0. The summed E-state index contributed by atoms with van der Waals surface area (Å²) in [6.45, 7) is 7.43. The first kappa shape index (κ1) is 15.3. The van der Waals surface area contributed by atoms with Crippen molar-refractivity contribution in [1.82, 2.24) is 0 Å². The molecule has 0 saturated carbocycles. The number of hydrogen-bond donors (Lipinski definition) is 1. The minimum absolute atomic E-state index is 0.318. The van der Waals surface area contributed by atoms with Crippen molar-refractivity contribution < 1.29 is 9.53 Å². The zero-order valence-electron chi connectivity index (χ0n) is 12.3. The highest BCUT2D eigenvalue weighted by Gasteiger charge is 2.16. The van der Waals surface area contributed by atoms with E-state index in [2.05, 4.69) is 18.7 Å². The first-order valence-electron chi connectivity index (χ1n) is 6.73. The summed E-state index contributed by atoms with van der Waals surface area (Å²) in [6.07, 6.45) is 1.07. The maximum atomic E-state index is 12.0. The molecule has 0 amide bonds. The summed E-state index contributed by atoms with van der Waals surface area (Å²) in [5, 5.41) is 0. The van der Waals surface area contributed by atoms with E-state index in [0.717, 1.165) is 18.7 Å². The minimum atomic E-state index is -0.318. The van der Waals surface area contributed by atoms with Gasteiger partial charge in [0.2, 0.25) is 0 Å². The maximum Gasteiger partial charge on any atom is 0.340 e. The van der Waals surface area contributed by atoms with Crippen LogP contribution in [0, 0.1) is 5.92 Å². The molecule has 0 heterocycles. The molecule has 106 valence electrons.